The van der Waals surface area contributed by atoms with Crippen LogP contribution in [0, 0.1) is 0 Å². The topological polar surface area (TPSA) is 78.4 Å². The van der Waals surface area contributed by atoms with Crippen LogP contribution in [0.5, 0.6) is 0 Å². The lowest BCUT2D eigenvalue weighted by Crippen LogP contribution is -2.19. The molecule has 0 bridgehead atoms. The molecule has 0 atom stereocenters. The number of benzene rings is 2. The van der Waals surface area contributed by atoms with Gasteiger partial charge in [0.05, 0.1) is 5.56 Å². The SMILES string of the molecule is O=C(CCc1ccccc1NC(=O)c1cccc(C(F)(F)F)c1)NO. The van der Waals surface area contributed by atoms with E-state index in [1.807, 2.05) is 0 Å². The zero-order valence-electron chi connectivity index (χ0n) is 12.9. The zero-order chi connectivity index (χ0) is 18.4. The molecule has 0 heterocycles. The second-order valence-corrected chi connectivity index (χ2v) is 5.22. The van der Waals surface area contributed by atoms with Gasteiger partial charge in [-0.15, -0.1) is 0 Å². The molecule has 8 heteroatoms. The molecular formula is C17H15F3N2O3. The van der Waals surface area contributed by atoms with Crippen molar-refractivity contribution in [2.24, 2.45) is 0 Å². The highest BCUT2D eigenvalue weighted by molar-refractivity contribution is 6.04. The Balaban J connectivity index is 2.17. The molecule has 25 heavy (non-hydrogen) atoms. The summed E-state index contributed by atoms with van der Waals surface area (Å²) in [6.07, 6.45) is -4.30. The van der Waals surface area contributed by atoms with E-state index in [0.29, 0.717) is 11.3 Å². The van der Waals surface area contributed by atoms with Crippen LogP contribution in [-0.4, -0.2) is 17.0 Å². The molecule has 2 aromatic carbocycles. The molecule has 2 rings (SSSR count). The Morgan fingerprint density at radius 3 is 2.44 bits per heavy atom. The number of hydroxylamine groups is 1. The maximum absolute atomic E-state index is 12.7. The van der Waals surface area contributed by atoms with E-state index < -0.39 is 23.6 Å². The number of anilines is 1. The smallest absolute Gasteiger partial charge is 0.322 e. The van der Waals surface area contributed by atoms with E-state index in [1.54, 1.807) is 24.3 Å². The quantitative estimate of drug-likeness (QED) is 0.570. The Morgan fingerprint density at radius 2 is 1.76 bits per heavy atom. The summed E-state index contributed by atoms with van der Waals surface area (Å²) >= 11 is 0. The largest absolute Gasteiger partial charge is 0.416 e. The molecule has 132 valence electrons. The van der Waals surface area contributed by atoms with Crippen molar-refractivity contribution in [3.8, 4) is 0 Å². The lowest BCUT2D eigenvalue weighted by Gasteiger charge is -2.12. The average molecular weight is 352 g/mol. The van der Waals surface area contributed by atoms with Crippen LogP contribution in [0.15, 0.2) is 48.5 Å². The van der Waals surface area contributed by atoms with Gasteiger partial charge in [0.25, 0.3) is 5.91 Å². The van der Waals surface area contributed by atoms with Gasteiger partial charge in [-0.1, -0.05) is 24.3 Å². The Kier molecular flexibility index (Phi) is 5.76. The van der Waals surface area contributed by atoms with E-state index in [-0.39, 0.29) is 18.4 Å². The van der Waals surface area contributed by atoms with Crippen LogP contribution in [0.25, 0.3) is 0 Å². The monoisotopic (exact) mass is 352 g/mol. The van der Waals surface area contributed by atoms with Crippen molar-refractivity contribution >= 4 is 17.5 Å². The molecule has 0 aliphatic heterocycles. The van der Waals surface area contributed by atoms with Gasteiger partial charge >= 0.3 is 6.18 Å². The van der Waals surface area contributed by atoms with Gasteiger partial charge in [0, 0.05) is 17.7 Å². The Hall–Kier alpha value is -2.87. The van der Waals surface area contributed by atoms with Crippen molar-refractivity contribution in [3.05, 3.63) is 65.2 Å². The number of nitrogens with one attached hydrogen (secondary N) is 2. The fourth-order valence-corrected chi connectivity index (χ4v) is 2.20. The number of hydrogen-bond acceptors (Lipinski definition) is 3. The van der Waals surface area contributed by atoms with Crippen LogP contribution in [0.4, 0.5) is 18.9 Å². The number of alkyl halides is 3. The van der Waals surface area contributed by atoms with E-state index in [0.717, 1.165) is 18.2 Å². The Bertz CT molecular complexity index is 776. The van der Waals surface area contributed by atoms with Gasteiger partial charge in [-0.3, -0.25) is 14.8 Å². The number of aryl methyl sites for hydroxylation is 1. The molecule has 0 saturated carbocycles. The van der Waals surface area contributed by atoms with Gasteiger partial charge in [0.2, 0.25) is 5.91 Å². The molecule has 3 N–H and O–H groups in total. The molecule has 0 radical (unpaired) electrons. The van der Waals surface area contributed by atoms with Gasteiger partial charge in [-0.2, -0.15) is 13.2 Å². The van der Waals surface area contributed by atoms with E-state index in [2.05, 4.69) is 5.32 Å². The summed E-state index contributed by atoms with van der Waals surface area (Å²) in [6, 6.07) is 10.7. The normalized spacial score (nSPS) is 11.0. The van der Waals surface area contributed by atoms with Crippen molar-refractivity contribution in [2.75, 3.05) is 5.32 Å². The molecule has 0 aliphatic carbocycles. The first-order chi connectivity index (χ1) is 11.8. The maximum atomic E-state index is 12.7. The summed E-state index contributed by atoms with van der Waals surface area (Å²) in [5.41, 5.74) is 1.47. The first-order valence-electron chi connectivity index (χ1n) is 7.30. The van der Waals surface area contributed by atoms with Crippen molar-refractivity contribution in [1.29, 1.82) is 0 Å². The summed E-state index contributed by atoms with van der Waals surface area (Å²) in [6.45, 7) is 0. The Labute approximate surface area is 141 Å². The summed E-state index contributed by atoms with van der Waals surface area (Å²) in [7, 11) is 0. The first kappa shape index (κ1) is 18.5. The fourth-order valence-electron chi connectivity index (χ4n) is 2.20. The minimum Gasteiger partial charge on any atom is -0.322 e. The highest BCUT2D eigenvalue weighted by atomic mass is 19.4. The van der Waals surface area contributed by atoms with Crippen LogP contribution in [0.3, 0.4) is 0 Å². The molecule has 0 unspecified atom stereocenters. The average Bonchev–Trinajstić information content (AvgIpc) is 2.60. The van der Waals surface area contributed by atoms with E-state index in [1.165, 1.54) is 11.5 Å². The zero-order valence-corrected chi connectivity index (χ0v) is 12.9. The summed E-state index contributed by atoms with van der Waals surface area (Å²) in [4.78, 5) is 23.4. The number of rotatable bonds is 5. The second-order valence-electron chi connectivity index (χ2n) is 5.22. The maximum Gasteiger partial charge on any atom is 0.416 e. The van der Waals surface area contributed by atoms with Gasteiger partial charge < -0.3 is 5.32 Å². The van der Waals surface area contributed by atoms with Crippen LogP contribution in [0.1, 0.15) is 27.9 Å². The molecule has 5 nitrogen and oxygen atoms in total. The number of carbonyl (C=O) groups is 2. The summed E-state index contributed by atoms with van der Waals surface area (Å²) in [5, 5.41) is 11.1. The predicted octanol–water partition coefficient (Wildman–Crippen LogP) is 3.40. The highest BCUT2D eigenvalue weighted by Gasteiger charge is 2.30. The van der Waals surface area contributed by atoms with Crippen LogP contribution in [0.2, 0.25) is 0 Å². The second kappa shape index (κ2) is 7.80. The predicted molar refractivity (Wildman–Crippen MR) is 84.1 cm³/mol. The number of hydrogen-bond donors (Lipinski definition) is 3. The van der Waals surface area contributed by atoms with Gasteiger partial charge in [0.15, 0.2) is 0 Å². The molecular weight excluding hydrogens is 337 g/mol. The number of amides is 2. The van der Waals surface area contributed by atoms with Gasteiger partial charge in [-0.25, -0.2) is 5.48 Å². The van der Waals surface area contributed by atoms with Crippen molar-refractivity contribution in [2.45, 2.75) is 19.0 Å². The minimum absolute atomic E-state index is 0.00700. The minimum atomic E-state index is -4.54. The molecule has 0 spiro atoms. The van der Waals surface area contributed by atoms with Gasteiger partial charge in [-0.05, 0) is 36.2 Å². The van der Waals surface area contributed by atoms with Crippen LogP contribution in [-0.2, 0) is 17.4 Å². The Morgan fingerprint density at radius 1 is 1.04 bits per heavy atom. The van der Waals surface area contributed by atoms with Crippen molar-refractivity contribution in [1.82, 2.24) is 5.48 Å². The van der Waals surface area contributed by atoms with Gasteiger partial charge in [0.1, 0.15) is 0 Å². The molecule has 0 fully saturated rings. The lowest BCUT2D eigenvalue weighted by atomic mass is 10.1. The molecule has 0 aliphatic rings. The number of carbonyl (C=O) groups excluding carboxylic acids is 2. The van der Waals surface area contributed by atoms with E-state index in [9.17, 15) is 22.8 Å². The number of halogens is 3. The highest BCUT2D eigenvalue weighted by Crippen LogP contribution is 2.29. The molecule has 2 aromatic rings. The van der Waals surface area contributed by atoms with E-state index in [4.69, 9.17) is 5.21 Å². The molecule has 0 aromatic heterocycles. The summed E-state index contributed by atoms with van der Waals surface area (Å²) < 4.78 is 38.2. The fraction of sp³-hybridized carbons (Fsp3) is 0.176. The third-order valence-electron chi connectivity index (χ3n) is 3.46. The van der Waals surface area contributed by atoms with Crippen molar-refractivity contribution in [3.63, 3.8) is 0 Å². The molecule has 2 amide bonds. The van der Waals surface area contributed by atoms with Crippen LogP contribution < -0.4 is 10.8 Å². The third kappa shape index (κ3) is 5.05. The number of para-hydroxylation sites is 1. The first-order valence-corrected chi connectivity index (χ1v) is 7.30. The third-order valence-corrected chi connectivity index (χ3v) is 3.46. The summed E-state index contributed by atoms with van der Waals surface area (Å²) in [5.74, 6) is -1.27. The van der Waals surface area contributed by atoms with E-state index >= 15 is 0 Å². The molecule has 0 saturated heterocycles. The standard InChI is InChI=1S/C17H15F3N2O3/c18-17(19,20)13-6-3-5-12(10-13)16(24)21-14-7-2-1-4-11(14)8-9-15(23)22-25/h1-7,10,25H,8-9H2,(H,21,24)(H,22,23). The lowest BCUT2D eigenvalue weighted by molar-refractivity contribution is -0.137. The van der Waals surface area contributed by atoms with Crippen LogP contribution >= 0.6 is 0 Å². The van der Waals surface area contributed by atoms with Crippen molar-refractivity contribution < 1.29 is 28.0 Å².